The summed E-state index contributed by atoms with van der Waals surface area (Å²) in [6.07, 6.45) is 15.2. The molecule has 0 radical (unpaired) electrons. The average Bonchev–Trinajstić information content (AvgIpc) is 3.25. The fraction of sp³-hybridized carbons (Fsp3) is 0.409. The molecule has 3 rings (SSSR count). The van der Waals surface area contributed by atoms with Crippen molar-refractivity contribution in [2.45, 2.75) is 59.3 Å². The van der Waals surface area contributed by atoms with Crippen LogP contribution in [0.3, 0.4) is 0 Å². The molecule has 0 amide bonds. The van der Waals surface area contributed by atoms with Crippen LogP contribution in [0.1, 0.15) is 59.3 Å². The first-order valence-electron chi connectivity index (χ1n) is 8.68. The van der Waals surface area contributed by atoms with E-state index >= 15 is 0 Å². The first-order valence-corrected chi connectivity index (χ1v) is 8.68. The van der Waals surface area contributed by atoms with Crippen LogP contribution in [0.25, 0.3) is 10.8 Å². The normalized spacial score (nSPS) is 11.7. The first kappa shape index (κ1) is 22.0. The zero-order chi connectivity index (χ0) is 16.0. The zero-order valence-corrected chi connectivity index (χ0v) is 16.5. The van der Waals surface area contributed by atoms with E-state index in [1.807, 2.05) is 0 Å². The van der Waals surface area contributed by atoms with E-state index in [4.69, 9.17) is 0 Å². The second-order valence-electron chi connectivity index (χ2n) is 5.57. The van der Waals surface area contributed by atoms with Gasteiger partial charge in [0.1, 0.15) is 0 Å². The molecule has 0 heterocycles. The van der Waals surface area contributed by atoms with Crippen molar-refractivity contribution in [3.05, 3.63) is 66.3 Å². The van der Waals surface area contributed by atoms with Gasteiger partial charge in [0.2, 0.25) is 0 Å². The molecule has 0 saturated carbocycles. The summed E-state index contributed by atoms with van der Waals surface area (Å²) < 4.78 is 0. The second kappa shape index (κ2) is 14.6. The number of hydrogen-bond acceptors (Lipinski definition) is 0. The zero-order valence-electron chi connectivity index (χ0n) is 14.9. The fourth-order valence-corrected chi connectivity index (χ4v) is 2.06. The van der Waals surface area contributed by atoms with Crippen LogP contribution < -0.4 is 0 Å². The Labute approximate surface area is 157 Å². The van der Waals surface area contributed by atoms with Crippen LogP contribution in [0.5, 0.6) is 0 Å². The van der Waals surface area contributed by atoms with Gasteiger partial charge in [0.05, 0.1) is 0 Å². The predicted octanol–water partition coefficient (Wildman–Crippen LogP) is 7.23. The van der Waals surface area contributed by atoms with Crippen molar-refractivity contribution < 1.29 is 21.7 Å². The Morgan fingerprint density at radius 3 is 2.30 bits per heavy atom. The van der Waals surface area contributed by atoms with E-state index in [0.29, 0.717) is 0 Å². The maximum atomic E-state index is 3.30. The van der Waals surface area contributed by atoms with Crippen molar-refractivity contribution in [3.8, 4) is 0 Å². The largest absolute Gasteiger partial charge is 2.00 e. The molecule has 0 bridgehead atoms. The third-order valence-corrected chi connectivity index (χ3v) is 3.61. The van der Waals surface area contributed by atoms with Gasteiger partial charge in [0, 0.05) is 0 Å². The number of hydrogen-bond donors (Lipinski definition) is 0. The number of allylic oxidation sites excluding steroid dienone is 4. The molecule has 1 aliphatic carbocycles. The summed E-state index contributed by atoms with van der Waals surface area (Å²) in [5, 5.41) is 2.66. The topological polar surface area (TPSA) is 0 Å². The summed E-state index contributed by atoms with van der Waals surface area (Å²) in [6, 6.07) is 14.7. The van der Waals surface area contributed by atoms with E-state index in [9.17, 15) is 0 Å². The monoisotopic (exact) mass is 342 g/mol. The van der Waals surface area contributed by atoms with Crippen molar-refractivity contribution in [3.63, 3.8) is 0 Å². The van der Waals surface area contributed by atoms with Crippen LogP contribution in [0.4, 0.5) is 0 Å². The molecule has 122 valence electrons. The van der Waals surface area contributed by atoms with Gasteiger partial charge in [0.15, 0.2) is 0 Å². The van der Waals surface area contributed by atoms with Crippen molar-refractivity contribution in [2.75, 3.05) is 0 Å². The van der Waals surface area contributed by atoms with E-state index in [1.54, 1.807) is 0 Å². The average molecular weight is 342 g/mol. The molecule has 0 N–H and O–H groups in total. The Bertz CT molecular complexity index is 528. The summed E-state index contributed by atoms with van der Waals surface area (Å²) in [5.74, 6) is 0. The number of fused-ring (bicyclic) bond motifs is 1. The molecule has 1 aliphatic rings. The Morgan fingerprint density at radius 1 is 1.00 bits per heavy atom. The summed E-state index contributed by atoms with van der Waals surface area (Å²) in [7, 11) is 0. The quantitative estimate of drug-likeness (QED) is 0.406. The SMILES string of the molecule is CCCC.CCCCC1=[C-]CC=C1.[Ti+2].c1ccc2[cH-]ccc2c1. The molecule has 0 nitrogen and oxygen atoms in total. The molecule has 0 aliphatic heterocycles. The Balaban J connectivity index is 0.000000333. The molecule has 1 heteroatoms. The van der Waals surface area contributed by atoms with Crippen molar-refractivity contribution >= 4 is 10.8 Å². The predicted molar refractivity (Wildman–Crippen MR) is 100 cm³/mol. The van der Waals surface area contributed by atoms with Crippen LogP contribution in [0.2, 0.25) is 0 Å². The van der Waals surface area contributed by atoms with Gasteiger partial charge in [-0.15, -0.1) is 36.1 Å². The summed E-state index contributed by atoms with van der Waals surface area (Å²) >= 11 is 0. The van der Waals surface area contributed by atoms with Gasteiger partial charge >= 0.3 is 21.7 Å². The van der Waals surface area contributed by atoms with Crippen LogP contribution in [-0.2, 0) is 21.7 Å². The van der Waals surface area contributed by atoms with Crippen LogP contribution in [-0.4, -0.2) is 0 Å². The Hall–Kier alpha value is -0.976. The maximum absolute atomic E-state index is 3.30. The minimum absolute atomic E-state index is 0. The van der Waals surface area contributed by atoms with E-state index in [2.05, 4.69) is 81.5 Å². The van der Waals surface area contributed by atoms with Gasteiger partial charge in [-0.25, -0.2) is 11.6 Å². The molecule has 0 spiro atoms. The van der Waals surface area contributed by atoms with Crippen molar-refractivity contribution in [1.29, 1.82) is 0 Å². The third-order valence-electron chi connectivity index (χ3n) is 3.61. The molecular weight excluding hydrogens is 312 g/mol. The second-order valence-corrected chi connectivity index (χ2v) is 5.57. The van der Waals surface area contributed by atoms with Crippen LogP contribution >= 0.6 is 0 Å². The molecule has 2 aromatic rings. The van der Waals surface area contributed by atoms with E-state index in [0.717, 1.165) is 6.42 Å². The van der Waals surface area contributed by atoms with Gasteiger partial charge < -0.3 is 0 Å². The van der Waals surface area contributed by atoms with E-state index in [1.165, 1.54) is 48.4 Å². The van der Waals surface area contributed by atoms with Gasteiger partial charge in [-0.3, -0.25) is 6.08 Å². The summed E-state index contributed by atoms with van der Waals surface area (Å²) in [5.41, 5.74) is 1.41. The molecular formula is C22H30Ti. The standard InChI is InChI=1S/C9H7.C9H13.C4H10.Ti/c1-2-5-9-7-3-6-8(9)4-1;1-2-3-6-9-7-4-5-8-9;1-3-4-2;/h1-7H;4,7H,2-3,5-6H2,1H3;3-4H2,1-2H3;/q2*-1;;+2. The van der Waals surface area contributed by atoms with Gasteiger partial charge in [-0.2, -0.15) is 23.6 Å². The number of unbranched alkanes of at least 4 members (excludes halogenated alkanes) is 2. The minimum Gasteiger partial charge on any atom is -0.269 e. The van der Waals surface area contributed by atoms with E-state index in [-0.39, 0.29) is 21.7 Å². The molecule has 0 atom stereocenters. The fourth-order valence-electron chi connectivity index (χ4n) is 2.06. The van der Waals surface area contributed by atoms with Gasteiger partial charge in [0.25, 0.3) is 0 Å². The molecule has 0 saturated heterocycles. The summed E-state index contributed by atoms with van der Waals surface area (Å²) in [6.45, 7) is 6.58. The molecule has 0 aromatic heterocycles. The third kappa shape index (κ3) is 9.69. The number of benzene rings is 1. The molecule has 0 unspecified atom stereocenters. The van der Waals surface area contributed by atoms with Gasteiger partial charge in [-0.1, -0.05) is 58.9 Å². The molecule has 2 aromatic carbocycles. The first-order chi connectivity index (χ1) is 10.8. The Kier molecular flexibility index (Phi) is 14.0. The number of rotatable bonds is 4. The van der Waals surface area contributed by atoms with Crippen molar-refractivity contribution in [2.24, 2.45) is 0 Å². The molecule has 0 fully saturated rings. The van der Waals surface area contributed by atoms with Crippen LogP contribution in [0.15, 0.2) is 60.2 Å². The Morgan fingerprint density at radius 2 is 1.74 bits per heavy atom. The van der Waals surface area contributed by atoms with Gasteiger partial charge in [-0.05, 0) is 0 Å². The van der Waals surface area contributed by atoms with E-state index < -0.39 is 0 Å². The summed E-state index contributed by atoms with van der Waals surface area (Å²) in [4.78, 5) is 0. The van der Waals surface area contributed by atoms with Crippen LogP contribution in [0, 0.1) is 6.08 Å². The minimum atomic E-state index is 0. The smallest absolute Gasteiger partial charge is 0.269 e. The van der Waals surface area contributed by atoms with Crippen molar-refractivity contribution in [1.82, 2.24) is 0 Å². The maximum Gasteiger partial charge on any atom is 2.00 e. The molecule has 23 heavy (non-hydrogen) atoms.